The van der Waals surface area contributed by atoms with Crippen molar-refractivity contribution in [2.45, 2.75) is 26.6 Å². The molecule has 1 amide bonds. The average Bonchev–Trinajstić information content (AvgIpc) is 3.55. The van der Waals surface area contributed by atoms with Crippen molar-refractivity contribution >= 4 is 23.2 Å². The van der Waals surface area contributed by atoms with E-state index in [-0.39, 0.29) is 5.69 Å². The second-order valence-corrected chi connectivity index (χ2v) is 9.72. The fraction of sp³-hybridized carbons (Fsp3) is 0.214. The highest BCUT2D eigenvalue weighted by molar-refractivity contribution is 6.03. The van der Waals surface area contributed by atoms with Crippen LogP contribution in [-0.4, -0.2) is 41.8 Å². The maximum absolute atomic E-state index is 13.1. The van der Waals surface area contributed by atoms with Crippen molar-refractivity contribution in [2.75, 3.05) is 17.2 Å². The van der Waals surface area contributed by atoms with Crippen molar-refractivity contribution in [1.29, 1.82) is 0 Å². The van der Waals surface area contributed by atoms with Crippen LogP contribution >= 0.6 is 0 Å². The minimum Gasteiger partial charge on any atom is -0.369 e. The van der Waals surface area contributed by atoms with Crippen LogP contribution in [0.4, 0.5) is 30.5 Å². The van der Waals surface area contributed by atoms with Crippen LogP contribution in [0.1, 0.15) is 27.3 Å². The molecule has 0 saturated heterocycles. The first kappa shape index (κ1) is 26.2. The summed E-state index contributed by atoms with van der Waals surface area (Å²) in [5.41, 5.74) is 3.76. The summed E-state index contributed by atoms with van der Waals surface area (Å²) >= 11 is 0. The number of carbonyl (C=O) groups is 1. The third kappa shape index (κ3) is 5.01. The van der Waals surface area contributed by atoms with Crippen LogP contribution in [-0.2, 0) is 19.8 Å². The zero-order chi connectivity index (χ0) is 28.9. The summed E-state index contributed by atoms with van der Waals surface area (Å²) < 4.78 is 43.1. The molecule has 0 unspecified atom stereocenters. The van der Waals surface area contributed by atoms with Gasteiger partial charge in [0.1, 0.15) is 17.3 Å². The van der Waals surface area contributed by atoms with Crippen LogP contribution in [0.5, 0.6) is 0 Å². The highest BCUT2D eigenvalue weighted by Gasteiger charge is 2.31. The molecule has 0 fully saturated rings. The largest absolute Gasteiger partial charge is 0.416 e. The Hall–Kier alpha value is -5.07. The minimum atomic E-state index is -4.58. The Labute approximate surface area is 232 Å². The summed E-state index contributed by atoms with van der Waals surface area (Å²) in [6.45, 7) is 5.21. The van der Waals surface area contributed by atoms with Crippen LogP contribution in [0, 0.1) is 13.8 Å². The number of nitrogens with zero attached hydrogens (tertiary/aromatic N) is 7. The maximum atomic E-state index is 13.1. The third-order valence-electron chi connectivity index (χ3n) is 6.79. The first-order valence-corrected chi connectivity index (χ1v) is 12.7. The van der Waals surface area contributed by atoms with Crippen molar-refractivity contribution in [3.63, 3.8) is 0 Å². The lowest BCUT2D eigenvalue weighted by Crippen LogP contribution is -2.18. The van der Waals surface area contributed by atoms with Gasteiger partial charge in [-0.1, -0.05) is 6.07 Å². The molecule has 2 N–H and O–H groups in total. The zero-order valence-electron chi connectivity index (χ0n) is 22.3. The molecule has 208 valence electrons. The number of benzene rings is 1. The van der Waals surface area contributed by atoms with Crippen LogP contribution in [0.25, 0.3) is 22.5 Å². The molecule has 0 atom stereocenters. The molecule has 13 heteroatoms. The Morgan fingerprint density at radius 1 is 1.07 bits per heavy atom. The van der Waals surface area contributed by atoms with Gasteiger partial charge in [-0.05, 0) is 55.3 Å². The Bertz CT molecular complexity index is 1860. The van der Waals surface area contributed by atoms with E-state index in [2.05, 4.69) is 35.3 Å². The Kier molecular flexibility index (Phi) is 6.28. The summed E-state index contributed by atoms with van der Waals surface area (Å²) in [6.07, 6.45) is -1.88. The molecular weight excluding hydrogens is 535 g/mol. The van der Waals surface area contributed by atoms with E-state index in [0.717, 1.165) is 57.9 Å². The van der Waals surface area contributed by atoms with Gasteiger partial charge in [-0.2, -0.15) is 28.2 Å². The molecule has 0 saturated carbocycles. The van der Waals surface area contributed by atoms with Crippen LogP contribution in [0.3, 0.4) is 0 Å². The van der Waals surface area contributed by atoms with Gasteiger partial charge in [0.05, 0.1) is 11.3 Å². The fourth-order valence-electron chi connectivity index (χ4n) is 4.84. The van der Waals surface area contributed by atoms with Gasteiger partial charge in [0.15, 0.2) is 5.82 Å². The summed E-state index contributed by atoms with van der Waals surface area (Å²) in [5.74, 6) is 1.48. The van der Waals surface area contributed by atoms with Gasteiger partial charge >= 0.3 is 6.18 Å². The Morgan fingerprint density at radius 2 is 1.90 bits per heavy atom. The molecule has 1 aromatic carbocycles. The lowest BCUT2D eigenvalue weighted by Gasteiger charge is -2.19. The standard InChI is InChI=1S/C28H24F3N9O/c1-15-4-5-19(35-26(41)22-12-18(6-7-32-22)28(29,30)31)13-20(15)21-11-17-14-34-27(36-23-10-16(2)38-39(23)3)37-24(17)40-9-8-33-25(21)40/h4-7,10-14,33H,8-9H2,1-3H3,(H,35,41). The second-order valence-electron chi connectivity index (χ2n) is 9.72. The maximum Gasteiger partial charge on any atom is 0.416 e. The van der Waals surface area contributed by atoms with Gasteiger partial charge in [-0.3, -0.25) is 14.5 Å². The van der Waals surface area contributed by atoms with Gasteiger partial charge in [-0.25, -0.2) is 4.98 Å². The van der Waals surface area contributed by atoms with E-state index in [0.29, 0.717) is 30.2 Å². The summed E-state index contributed by atoms with van der Waals surface area (Å²) in [6, 6.07) is 10.7. The first-order chi connectivity index (χ1) is 19.6. The molecule has 2 aromatic heterocycles. The van der Waals surface area contributed by atoms with Gasteiger partial charge in [0.25, 0.3) is 11.5 Å². The number of fused-ring (bicyclic) bond motifs is 3. The SMILES string of the molecule is Cc1cc(N=c2ncc3cc(-c4cc(NC(=O)c5cc(C(F)(F)F)ccn5)ccc4C)c4n(c-3n2)CCN4)n(C)n1. The molecule has 0 radical (unpaired) electrons. The number of hydrogen-bond acceptors (Lipinski definition) is 7. The summed E-state index contributed by atoms with van der Waals surface area (Å²) in [5, 5.41) is 10.4. The number of nitrogens with one attached hydrogen (secondary N) is 2. The van der Waals surface area contributed by atoms with Crippen molar-refractivity contribution in [2.24, 2.45) is 12.0 Å². The fourth-order valence-corrected chi connectivity index (χ4v) is 4.84. The van der Waals surface area contributed by atoms with Crippen LogP contribution in [0.2, 0.25) is 0 Å². The Morgan fingerprint density at radius 3 is 2.66 bits per heavy atom. The molecule has 5 heterocycles. The monoisotopic (exact) mass is 559 g/mol. The van der Waals surface area contributed by atoms with E-state index in [9.17, 15) is 18.0 Å². The normalized spacial score (nSPS) is 13.4. The van der Waals surface area contributed by atoms with Crippen LogP contribution in [0.15, 0.2) is 59.9 Å². The van der Waals surface area contributed by atoms with Crippen molar-refractivity contribution < 1.29 is 18.0 Å². The molecule has 6 rings (SSSR count). The van der Waals surface area contributed by atoms with Gasteiger partial charge in [0.2, 0.25) is 0 Å². The average molecular weight is 560 g/mol. The van der Waals surface area contributed by atoms with E-state index >= 15 is 0 Å². The number of halogens is 3. The number of aryl methyl sites for hydroxylation is 3. The minimum absolute atomic E-state index is 0.318. The van der Waals surface area contributed by atoms with E-state index in [1.807, 2.05) is 39.1 Å². The molecular formula is C28H24F3N9O. The third-order valence-corrected chi connectivity index (χ3v) is 6.79. The second kappa shape index (κ2) is 9.84. The van der Waals surface area contributed by atoms with Crippen molar-refractivity contribution in [3.8, 4) is 22.5 Å². The van der Waals surface area contributed by atoms with E-state index in [1.165, 1.54) is 0 Å². The van der Waals surface area contributed by atoms with Crippen molar-refractivity contribution in [3.05, 3.63) is 83.0 Å². The number of amides is 1. The summed E-state index contributed by atoms with van der Waals surface area (Å²) in [7, 11) is 1.81. The first-order valence-electron chi connectivity index (χ1n) is 12.7. The number of hydrogen-bond donors (Lipinski definition) is 2. The molecule has 41 heavy (non-hydrogen) atoms. The highest BCUT2D eigenvalue weighted by Crippen LogP contribution is 2.39. The zero-order valence-corrected chi connectivity index (χ0v) is 22.3. The van der Waals surface area contributed by atoms with E-state index < -0.39 is 17.6 Å². The van der Waals surface area contributed by atoms with Crippen LogP contribution < -0.4 is 16.3 Å². The topological polar surface area (TPSA) is 115 Å². The number of aromatic nitrogens is 6. The van der Waals surface area contributed by atoms with Gasteiger partial charge in [-0.15, -0.1) is 0 Å². The van der Waals surface area contributed by atoms with Gasteiger partial charge < -0.3 is 15.2 Å². The van der Waals surface area contributed by atoms with E-state index in [4.69, 9.17) is 4.98 Å². The molecule has 3 aliphatic rings. The quantitative estimate of drug-likeness (QED) is 0.329. The molecule has 3 aliphatic heterocycles. The predicted octanol–water partition coefficient (Wildman–Crippen LogP) is 4.72. The molecule has 10 nitrogen and oxygen atoms in total. The number of anilines is 2. The number of rotatable bonds is 4. The molecule has 3 aromatic rings. The number of alkyl halides is 3. The molecule has 0 spiro atoms. The van der Waals surface area contributed by atoms with Gasteiger partial charge in [0, 0.05) is 55.4 Å². The number of pyridine rings is 2. The lowest BCUT2D eigenvalue weighted by molar-refractivity contribution is -0.137. The molecule has 0 aliphatic carbocycles. The summed E-state index contributed by atoms with van der Waals surface area (Å²) in [4.78, 5) is 30.3. The lowest BCUT2D eigenvalue weighted by atomic mass is 9.98. The highest BCUT2D eigenvalue weighted by atomic mass is 19.4. The van der Waals surface area contributed by atoms with Crippen molar-refractivity contribution in [1.82, 2.24) is 29.3 Å². The Balaban J connectivity index is 1.38. The number of carbonyl (C=O) groups excluding carboxylic acids is 1. The molecule has 0 bridgehead atoms. The predicted molar refractivity (Wildman–Crippen MR) is 146 cm³/mol. The van der Waals surface area contributed by atoms with E-state index in [1.54, 1.807) is 23.0 Å². The smallest absolute Gasteiger partial charge is 0.369 e.